The van der Waals surface area contributed by atoms with E-state index in [1.807, 2.05) is 0 Å². The average molecular weight is 1470 g/mol. The van der Waals surface area contributed by atoms with Gasteiger partial charge in [0.25, 0.3) is 0 Å². The molecule has 0 bridgehead atoms. The molecule has 610 valence electrons. The fourth-order valence-corrected chi connectivity index (χ4v) is 16.2. The van der Waals surface area contributed by atoms with Crippen molar-refractivity contribution in [2.45, 2.75) is 466 Å². The van der Waals surface area contributed by atoms with Crippen LogP contribution in [0.25, 0.3) is 24.3 Å². The Balaban J connectivity index is 2.05. The molecular formula is C102H178O4. The molecule has 4 nitrogen and oxygen atoms in total. The first kappa shape index (κ1) is 96.5. The third-order valence-electron chi connectivity index (χ3n) is 23.5. The monoisotopic (exact) mass is 1470 g/mol. The third kappa shape index (κ3) is 53.3. The van der Waals surface area contributed by atoms with Crippen molar-refractivity contribution in [3.05, 3.63) is 82.9 Å². The van der Waals surface area contributed by atoms with Gasteiger partial charge in [-0.1, -0.05) is 464 Å². The zero-order chi connectivity index (χ0) is 75.7. The van der Waals surface area contributed by atoms with Crippen molar-refractivity contribution in [1.29, 1.82) is 0 Å². The summed E-state index contributed by atoms with van der Waals surface area (Å²) in [6.07, 6.45) is 95.2. The Hall–Kier alpha value is -3.66. The number of hydrogen-bond donors (Lipinski definition) is 0. The first-order valence-corrected chi connectivity index (χ1v) is 47.7. The number of rotatable bonds is 80. The summed E-state index contributed by atoms with van der Waals surface area (Å²) in [5, 5.41) is 0. The second-order valence-corrected chi connectivity index (χ2v) is 33.7. The van der Waals surface area contributed by atoms with Gasteiger partial charge < -0.3 is 18.9 Å². The summed E-state index contributed by atoms with van der Waals surface area (Å²) < 4.78 is 28.6. The van der Waals surface area contributed by atoms with Gasteiger partial charge in [-0.05, 0) is 123 Å². The van der Waals surface area contributed by atoms with Crippen molar-refractivity contribution in [2.75, 3.05) is 26.4 Å². The molecule has 3 aromatic carbocycles. The molecule has 0 N–H and O–H groups in total. The van der Waals surface area contributed by atoms with Crippen LogP contribution in [0.15, 0.2) is 60.7 Å². The molecule has 0 aromatic heterocycles. The van der Waals surface area contributed by atoms with Crippen LogP contribution in [0.2, 0.25) is 0 Å². The summed E-state index contributed by atoms with van der Waals surface area (Å²) in [6, 6.07) is 22.5. The summed E-state index contributed by atoms with van der Waals surface area (Å²) in [5.41, 5.74) is 4.53. The number of hydrogen-bond acceptors (Lipinski definition) is 4. The van der Waals surface area contributed by atoms with E-state index in [9.17, 15) is 0 Å². The van der Waals surface area contributed by atoms with E-state index in [1.165, 1.54) is 422 Å². The van der Waals surface area contributed by atoms with Gasteiger partial charge in [0.05, 0.1) is 37.6 Å². The Bertz CT molecular complexity index is 2090. The SMILES string of the molecule is CCCCCCCCCCC(CCCCCCCC)COc1cccc(OCC(CCCCCCCC)CCCCCCCCCC)c1/C=C/c1ccc(/C=C/c2c(OCC(CCCCCCCC)CCCCCCCCCC)cccc2OCC(CCCCCCCC)CCCCCCCCCC)cc1. The van der Waals surface area contributed by atoms with Crippen LogP contribution < -0.4 is 18.9 Å². The average Bonchev–Trinajstić information content (AvgIpc) is 0.841. The molecule has 0 aliphatic heterocycles. The zero-order valence-corrected chi connectivity index (χ0v) is 72.1. The van der Waals surface area contributed by atoms with Gasteiger partial charge in [0.1, 0.15) is 23.0 Å². The van der Waals surface area contributed by atoms with Crippen molar-refractivity contribution in [1.82, 2.24) is 0 Å². The lowest BCUT2D eigenvalue weighted by Gasteiger charge is -2.22. The van der Waals surface area contributed by atoms with E-state index < -0.39 is 0 Å². The minimum absolute atomic E-state index is 0.565. The van der Waals surface area contributed by atoms with E-state index in [-0.39, 0.29) is 0 Å². The largest absolute Gasteiger partial charge is 0.493 e. The van der Waals surface area contributed by atoms with Crippen molar-refractivity contribution in [3.63, 3.8) is 0 Å². The van der Waals surface area contributed by atoms with Gasteiger partial charge in [-0.25, -0.2) is 0 Å². The Kier molecular flexibility index (Phi) is 66.4. The summed E-state index contributed by atoms with van der Waals surface area (Å²) >= 11 is 0. The lowest BCUT2D eigenvalue weighted by Crippen LogP contribution is -2.15. The van der Waals surface area contributed by atoms with Gasteiger partial charge in [0.2, 0.25) is 0 Å². The van der Waals surface area contributed by atoms with Crippen LogP contribution >= 0.6 is 0 Å². The molecule has 0 radical (unpaired) electrons. The highest BCUT2D eigenvalue weighted by Gasteiger charge is 2.19. The Morgan fingerprint density at radius 2 is 0.340 bits per heavy atom. The first-order chi connectivity index (χ1) is 52.4. The van der Waals surface area contributed by atoms with Crippen LogP contribution in [-0.2, 0) is 0 Å². The molecule has 4 unspecified atom stereocenters. The van der Waals surface area contributed by atoms with Crippen molar-refractivity contribution in [3.8, 4) is 23.0 Å². The van der Waals surface area contributed by atoms with Gasteiger partial charge in [0.15, 0.2) is 0 Å². The normalized spacial score (nSPS) is 13.0. The molecule has 0 heterocycles. The van der Waals surface area contributed by atoms with Crippen molar-refractivity contribution in [2.24, 2.45) is 23.7 Å². The van der Waals surface area contributed by atoms with Gasteiger partial charge in [-0.2, -0.15) is 0 Å². The second kappa shape index (κ2) is 72.9. The van der Waals surface area contributed by atoms with E-state index in [1.54, 1.807) is 0 Å². The number of ether oxygens (including phenoxy) is 4. The van der Waals surface area contributed by atoms with Crippen LogP contribution in [0.5, 0.6) is 23.0 Å². The summed E-state index contributed by atoms with van der Waals surface area (Å²) in [6.45, 7) is 21.7. The molecule has 106 heavy (non-hydrogen) atoms. The highest BCUT2D eigenvalue weighted by atomic mass is 16.5. The van der Waals surface area contributed by atoms with Crippen molar-refractivity contribution >= 4 is 24.3 Å². The van der Waals surface area contributed by atoms with Crippen LogP contribution in [0.1, 0.15) is 489 Å². The summed E-state index contributed by atoms with van der Waals surface area (Å²) in [5.74, 6) is 6.13. The predicted octanol–water partition coefficient (Wildman–Crippen LogP) is 35.1. The lowest BCUT2D eigenvalue weighted by atomic mass is 9.94. The Morgan fingerprint density at radius 3 is 0.500 bits per heavy atom. The fraction of sp³-hybridized carbons (Fsp3) is 0.784. The van der Waals surface area contributed by atoms with Crippen LogP contribution in [0.3, 0.4) is 0 Å². The van der Waals surface area contributed by atoms with Gasteiger partial charge in [0, 0.05) is 0 Å². The minimum atomic E-state index is 0.565. The van der Waals surface area contributed by atoms with E-state index >= 15 is 0 Å². The summed E-state index contributed by atoms with van der Waals surface area (Å²) in [4.78, 5) is 0. The van der Waals surface area contributed by atoms with Gasteiger partial charge >= 0.3 is 0 Å². The van der Waals surface area contributed by atoms with E-state index in [2.05, 4.69) is 140 Å². The quantitative estimate of drug-likeness (QED) is 0.0417. The maximum Gasteiger partial charge on any atom is 0.130 e. The highest BCUT2D eigenvalue weighted by molar-refractivity contribution is 5.78. The number of benzene rings is 3. The van der Waals surface area contributed by atoms with E-state index in [0.717, 1.165) is 60.6 Å². The molecule has 0 fully saturated rings. The molecule has 3 rings (SSSR count). The molecule has 0 amide bonds. The topological polar surface area (TPSA) is 36.9 Å². The molecule has 0 spiro atoms. The molecule has 0 aliphatic carbocycles. The van der Waals surface area contributed by atoms with Gasteiger partial charge in [-0.3, -0.25) is 0 Å². The predicted molar refractivity (Wildman–Crippen MR) is 474 cm³/mol. The lowest BCUT2D eigenvalue weighted by molar-refractivity contribution is 0.213. The first-order valence-electron chi connectivity index (χ1n) is 47.7. The second-order valence-electron chi connectivity index (χ2n) is 33.7. The highest BCUT2D eigenvalue weighted by Crippen LogP contribution is 2.36. The van der Waals surface area contributed by atoms with Crippen LogP contribution in [0, 0.1) is 23.7 Å². The molecule has 3 aromatic rings. The van der Waals surface area contributed by atoms with Crippen LogP contribution in [0.4, 0.5) is 0 Å². The Labute approximate surface area is 661 Å². The maximum absolute atomic E-state index is 7.15. The summed E-state index contributed by atoms with van der Waals surface area (Å²) in [7, 11) is 0. The molecule has 0 saturated heterocycles. The van der Waals surface area contributed by atoms with Crippen LogP contribution in [-0.4, -0.2) is 26.4 Å². The van der Waals surface area contributed by atoms with Gasteiger partial charge in [-0.15, -0.1) is 0 Å². The number of unbranched alkanes of at least 4 members (excludes halogenated alkanes) is 48. The molecular weight excluding hydrogens is 1290 g/mol. The fourth-order valence-electron chi connectivity index (χ4n) is 16.2. The molecule has 0 aliphatic rings. The Morgan fingerprint density at radius 1 is 0.189 bits per heavy atom. The smallest absolute Gasteiger partial charge is 0.130 e. The molecule has 4 atom stereocenters. The maximum atomic E-state index is 7.15. The van der Waals surface area contributed by atoms with E-state index in [4.69, 9.17) is 18.9 Å². The third-order valence-corrected chi connectivity index (χ3v) is 23.5. The zero-order valence-electron chi connectivity index (χ0n) is 72.1. The van der Waals surface area contributed by atoms with Crippen molar-refractivity contribution < 1.29 is 18.9 Å². The minimum Gasteiger partial charge on any atom is -0.493 e. The standard InChI is InChI=1S/C102H178O4/c1-9-17-25-33-41-45-53-61-71-93(67-57-49-37-29-21-13-5)87-103-99-75-65-76-100(104-88-94(68-58-50-38-30-22-14-6)72-62-54-46-42-34-26-18-10-2)97(99)85-83-91-79-81-92(82-80-91)84-86-98-101(105-89-95(69-59-51-39-31-23-15-7)73-63-55-47-43-35-27-19-11-3)77-66-78-102(98)106-90-96(70-60-52-40-32-24-16-8)74-64-56-48-44-36-28-20-12-4/h65-66,75-86,93-96H,9-64,67-74,87-90H2,1-8H3/b85-83+,86-84+. The molecule has 4 heteroatoms. The van der Waals surface area contributed by atoms with E-state index in [0.29, 0.717) is 23.7 Å². The molecule has 0 saturated carbocycles.